The van der Waals surface area contributed by atoms with Crippen molar-refractivity contribution in [2.24, 2.45) is 0 Å². The third kappa shape index (κ3) is 3.01. The Morgan fingerprint density at radius 2 is 2.10 bits per heavy atom. The Morgan fingerprint density at radius 1 is 1.19 bits per heavy atom. The highest BCUT2D eigenvalue weighted by Crippen LogP contribution is 2.32. The van der Waals surface area contributed by atoms with E-state index in [9.17, 15) is 0 Å². The fourth-order valence-corrected chi connectivity index (χ4v) is 3.88. The first-order chi connectivity index (χ1) is 10.3. The fourth-order valence-electron chi connectivity index (χ4n) is 2.31. The normalized spacial score (nSPS) is 12.5. The maximum Gasteiger partial charge on any atom is 0.225 e. The second-order valence-corrected chi connectivity index (χ2v) is 6.66. The van der Waals surface area contributed by atoms with Crippen molar-refractivity contribution in [2.45, 2.75) is 25.8 Å². The molecule has 0 saturated carbocycles. The molecule has 0 saturated heterocycles. The molecule has 4 nitrogen and oxygen atoms in total. The molecule has 0 fully saturated rings. The van der Waals surface area contributed by atoms with Gasteiger partial charge < -0.3 is 10.6 Å². The summed E-state index contributed by atoms with van der Waals surface area (Å²) in [5, 5.41) is 11.9. The van der Waals surface area contributed by atoms with E-state index in [0.717, 1.165) is 28.9 Å². The molecule has 2 N–H and O–H groups in total. The van der Waals surface area contributed by atoms with Gasteiger partial charge in [-0.2, -0.15) is 4.98 Å². The molecule has 0 aliphatic rings. The summed E-state index contributed by atoms with van der Waals surface area (Å²) in [5.41, 5.74) is 0. The molecule has 3 heterocycles. The van der Waals surface area contributed by atoms with E-state index in [1.165, 1.54) is 4.88 Å². The van der Waals surface area contributed by atoms with Gasteiger partial charge in [0.2, 0.25) is 5.95 Å². The summed E-state index contributed by atoms with van der Waals surface area (Å²) in [7, 11) is 1.85. The first kappa shape index (κ1) is 14.3. The molecule has 110 valence electrons. The molecule has 0 aliphatic carbocycles. The highest BCUT2D eigenvalue weighted by Gasteiger charge is 2.15. The largest absolute Gasteiger partial charge is 0.362 e. The second-order valence-electron chi connectivity index (χ2n) is 4.79. The Bertz CT molecular complexity index is 706. The van der Waals surface area contributed by atoms with Gasteiger partial charge in [-0.05, 0) is 29.3 Å². The summed E-state index contributed by atoms with van der Waals surface area (Å²) in [6.45, 7) is 2.21. The van der Waals surface area contributed by atoms with Gasteiger partial charge in [-0.1, -0.05) is 19.4 Å². The molecule has 1 atom stereocenters. The van der Waals surface area contributed by atoms with Gasteiger partial charge in [-0.3, -0.25) is 0 Å². The molecular formula is C15H18N4S2. The predicted molar refractivity (Wildman–Crippen MR) is 92.6 cm³/mol. The maximum atomic E-state index is 4.60. The third-order valence-corrected chi connectivity index (χ3v) is 5.12. The van der Waals surface area contributed by atoms with Crippen molar-refractivity contribution >= 4 is 44.7 Å². The number of anilines is 2. The van der Waals surface area contributed by atoms with Crippen LogP contribution in [0.25, 0.3) is 10.2 Å². The average Bonchev–Trinajstić information content (AvgIpc) is 3.17. The van der Waals surface area contributed by atoms with Gasteiger partial charge in [0, 0.05) is 11.9 Å². The third-order valence-electron chi connectivity index (χ3n) is 3.32. The number of rotatable bonds is 6. The summed E-state index contributed by atoms with van der Waals surface area (Å²) in [4.78, 5) is 11.5. The van der Waals surface area contributed by atoms with E-state index in [1.54, 1.807) is 22.7 Å². The van der Waals surface area contributed by atoms with Gasteiger partial charge >= 0.3 is 0 Å². The summed E-state index contributed by atoms with van der Waals surface area (Å²) < 4.78 is 0. The Kier molecular flexibility index (Phi) is 4.36. The van der Waals surface area contributed by atoms with Gasteiger partial charge in [0.25, 0.3) is 0 Å². The van der Waals surface area contributed by atoms with Crippen LogP contribution in [0, 0.1) is 0 Å². The summed E-state index contributed by atoms with van der Waals surface area (Å²) in [6, 6.07) is 6.67. The van der Waals surface area contributed by atoms with Gasteiger partial charge in [0.15, 0.2) is 0 Å². The van der Waals surface area contributed by atoms with Crippen LogP contribution in [0.4, 0.5) is 11.8 Å². The van der Waals surface area contributed by atoms with E-state index in [-0.39, 0.29) is 0 Å². The number of fused-ring (bicyclic) bond motifs is 1. The van der Waals surface area contributed by atoms with Crippen LogP contribution < -0.4 is 10.6 Å². The van der Waals surface area contributed by atoms with Crippen molar-refractivity contribution < 1.29 is 0 Å². The lowest BCUT2D eigenvalue weighted by molar-refractivity contribution is 0.685. The van der Waals surface area contributed by atoms with Crippen molar-refractivity contribution in [1.29, 1.82) is 0 Å². The standard InChI is InChI=1S/C15H18N4S2/c1-3-5-11(12-6-4-8-20-12)17-13-10-7-9-21-14(10)19-15(16-2)18-13/h4,6-9,11H,3,5H2,1-2H3,(H2,16,17,18,19). The number of nitrogens with one attached hydrogen (secondary N) is 2. The van der Waals surface area contributed by atoms with Gasteiger partial charge in [0.1, 0.15) is 10.6 Å². The number of thiophene rings is 2. The SMILES string of the molecule is CCCC(Nc1nc(NC)nc2sccc12)c1cccs1. The highest BCUT2D eigenvalue weighted by molar-refractivity contribution is 7.16. The zero-order chi connectivity index (χ0) is 14.7. The van der Waals surface area contributed by atoms with Crippen molar-refractivity contribution in [3.8, 4) is 0 Å². The molecule has 0 aromatic carbocycles. The van der Waals surface area contributed by atoms with Crippen LogP contribution in [0.1, 0.15) is 30.7 Å². The van der Waals surface area contributed by atoms with E-state index in [2.05, 4.69) is 56.5 Å². The molecular weight excluding hydrogens is 300 g/mol. The Balaban J connectivity index is 1.97. The zero-order valence-electron chi connectivity index (χ0n) is 12.1. The van der Waals surface area contributed by atoms with Gasteiger partial charge in [0.05, 0.1) is 11.4 Å². The number of aromatic nitrogens is 2. The Morgan fingerprint density at radius 3 is 2.81 bits per heavy atom. The lowest BCUT2D eigenvalue weighted by atomic mass is 10.1. The Hall–Kier alpha value is -1.66. The molecule has 3 rings (SSSR count). The monoisotopic (exact) mass is 318 g/mol. The first-order valence-corrected chi connectivity index (χ1v) is 8.80. The lowest BCUT2D eigenvalue weighted by Crippen LogP contribution is -2.11. The topological polar surface area (TPSA) is 49.8 Å². The minimum atomic E-state index is 0.303. The summed E-state index contributed by atoms with van der Waals surface area (Å²) in [6.07, 6.45) is 2.22. The van der Waals surface area contributed by atoms with Crippen LogP contribution in [-0.4, -0.2) is 17.0 Å². The van der Waals surface area contributed by atoms with Crippen molar-refractivity contribution in [3.63, 3.8) is 0 Å². The van der Waals surface area contributed by atoms with E-state index in [0.29, 0.717) is 12.0 Å². The van der Waals surface area contributed by atoms with Crippen LogP contribution in [0.5, 0.6) is 0 Å². The summed E-state index contributed by atoms with van der Waals surface area (Å²) in [5.74, 6) is 1.58. The van der Waals surface area contributed by atoms with E-state index >= 15 is 0 Å². The molecule has 0 aliphatic heterocycles. The molecule has 21 heavy (non-hydrogen) atoms. The molecule has 1 unspecified atom stereocenters. The van der Waals surface area contributed by atoms with Crippen molar-refractivity contribution in [3.05, 3.63) is 33.8 Å². The average molecular weight is 318 g/mol. The van der Waals surface area contributed by atoms with E-state index in [1.807, 2.05) is 7.05 Å². The molecule has 6 heteroatoms. The minimum Gasteiger partial charge on any atom is -0.362 e. The number of hydrogen-bond donors (Lipinski definition) is 2. The number of nitrogens with zero attached hydrogens (tertiary/aromatic N) is 2. The smallest absolute Gasteiger partial charge is 0.225 e. The first-order valence-electron chi connectivity index (χ1n) is 7.04. The van der Waals surface area contributed by atoms with Crippen LogP contribution in [0.15, 0.2) is 29.0 Å². The predicted octanol–water partition coefficient (Wildman–Crippen LogP) is 4.75. The highest BCUT2D eigenvalue weighted by atomic mass is 32.1. The van der Waals surface area contributed by atoms with Crippen LogP contribution in [-0.2, 0) is 0 Å². The second kappa shape index (κ2) is 6.41. The molecule has 3 aromatic rings. The summed E-state index contributed by atoms with van der Waals surface area (Å²) >= 11 is 3.43. The lowest BCUT2D eigenvalue weighted by Gasteiger charge is -2.18. The molecule has 0 amide bonds. The van der Waals surface area contributed by atoms with E-state index < -0.39 is 0 Å². The van der Waals surface area contributed by atoms with Crippen LogP contribution in [0.2, 0.25) is 0 Å². The quantitative estimate of drug-likeness (QED) is 0.689. The number of hydrogen-bond acceptors (Lipinski definition) is 6. The van der Waals surface area contributed by atoms with Gasteiger partial charge in [-0.15, -0.1) is 22.7 Å². The molecule has 0 bridgehead atoms. The van der Waals surface area contributed by atoms with Crippen LogP contribution in [0.3, 0.4) is 0 Å². The zero-order valence-corrected chi connectivity index (χ0v) is 13.7. The van der Waals surface area contributed by atoms with Gasteiger partial charge in [-0.25, -0.2) is 4.98 Å². The fraction of sp³-hybridized carbons (Fsp3) is 0.333. The molecule has 0 spiro atoms. The maximum absolute atomic E-state index is 4.60. The van der Waals surface area contributed by atoms with Crippen LogP contribution >= 0.6 is 22.7 Å². The minimum absolute atomic E-state index is 0.303. The molecule has 0 radical (unpaired) electrons. The van der Waals surface area contributed by atoms with Crippen molar-refractivity contribution in [1.82, 2.24) is 9.97 Å². The van der Waals surface area contributed by atoms with Crippen molar-refractivity contribution in [2.75, 3.05) is 17.7 Å². The Labute approximate surface area is 132 Å². The van der Waals surface area contributed by atoms with E-state index in [4.69, 9.17) is 0 Å². The molecule has 3 aromatic heterocycles.